The van der Waals surface area contributed by atoms with Gasteiger partial charge in [-0.1, -0.05) is 23.5 Å². The zero-order chi connectivity index (χ0) is 15.8. The molecule has 1 atom stereocenters. The van der Waals surface area contributed by atoms with Gasteiger partial charge in [0.25, 0.3) is 5.95 Å². The average molecular weight is 329 g/mol. The van der Waals surface area contributed by atoms with Gasteiger partial charge in [0, 0.05) is 27.2 Å². The second kappa shape index (κ2) is 5.81. The zero-order valence-electron chi connectivity index (χ0n) is 13.3. The molecule has 0 N–H and O–H groups in total. The number of benzene rings is 1. The second-order valence-electron chi connectivity index (χ2n) is 6.08. The van der Waals surface area contributed by atoms with E-state index in [0.717, 1.165) is 42.5 Å². The first-order valence-electron chi connectivity index (χ1n) is 7.82. The summed E-state index contributed by atoms with van der Waals surface area (Å²) in [7, 11) is 3.84. The Balaban J connectivity index is 1.56. The van der Waals surface area contributed by atoms with E-state index in [0.29, 0.717) is 5.95 Å². The fourth-order valence-corrected chi connectivity index (χ4v) is 3.92. The lowest BCUT2D eigenvalue weighted by atomic mass is 9.98. The van der Waals surface area contributed by atoms with Crippen LogP contribution in [0.4, 0.5) is 11.1 Å². The Morgan fingerprint density at radius 3 is 2.91 bits per heavy atom. The molecule has 120 valence electrons. The van der Waals surface area contributed by atoms with Gasteiger partial charge in [0.2, 0.25) is 5.89 Å². The van der Waals surface area contributed by atoms with Crippen LogP contribution in [-0.4, -0.2) is 42.3 Å². The molecule has 0 saturated carbocycles. The van der Waals surface area contributed by atoms with Gasteiger partial charge in [-0.2, -0.15) is 4.98 Å². The third-order valence-electron chi connectivity index (χ3n) is 4.15. The molecule has 0 radical (unpaired) electrons. The van der Waals surface area contributed by atoms with E-state index >= 15 is 0 Å². The maximum Gasteiger partial charge on any atom is 0.265 e. The Bertz CT molecular complexity index is 779. The van der Waals surface area contributed by atoms with Gasteiger partial charge in [0.1, 0.15) is 0 Å². The van der Waals surface area contributed by atoms with Gasteiger partial charge < -0.3 is 14.3 Å². The Morgan fingerprint density at radius 1 is 1.26 bits per heavy atom. The molecule has 0 aliphatic carbocycles. The molecule has 0 bridgehead atoms. The first-order valence-corrected chi connectivity index (χ1v) is 8.64. The van der Waals surface area contributed by atoms with E-state index in [1.54, 1.807) is 11.3 Å². The number of thiazole rings is 1. The second-order valence-corrected chi connectivity index (χ2v) is 7.09. The van der Waals surface area contributed by atoms with Crippen LogP contribution in [0.5, 0.6) is 0 Å². The Kier molecular flexibility index (Phi) is 3.65. The fraction of sp³-hybridized carbons (Fsp3) is 0.438. The molecular weight excluding hydrogens is 310 g/mol. The molecule has 1 aromatic carbocycles. The van der Waals surface area contributed by atoms with E-state index < -0.39 is 0 Å². The minimum atomic E-state index is 0.275. The van der Waals surface area contributed by atoms with Crippen LogP contribution in [0.25, 0.3) is 10.2 Å². The highest BCUT2D eigenvalue weighted by Gasteiger charge is 2.27. The van der Waals surface area contributed by atoms with Crippen molar-refractivity contribution in [2.45, 2.75) is 18.8 Å². The Morgan fingerprint density at radius 2 is 2.13 bits per heavy atom. The molecule has 6 nitrogen and oxygen atoms in total. The lowest BCUT2D eigenvalue weighted by Gasteiger charge is -2.30. The molecule has 23 heavy (non-hydrogen) atoms. The van der Waals surface area contributed by atoms with Gasteiger partial charge in [-0.05, 0) is 30.1 Å². The zero-order valence-corrected chi connectivity index (χ0v) is 14.1. The summed E-state index contributed by atoms with van der Waals surface area (Å²) < 4.78 is 6.70. The van der Waals surface area contributed by atoms with Crippen molar-refractivity contribution in [3.63, 3.8) is 0 Å². The van der Waals surface area contributed by atoms with Crippen LogP contribution in [0, 0.1) is 0 Å². The summed E-state index contributed by atoms with van der Waals surface area (Å²) >= 11 is 1.75. The van der Waals surface area contributed by atoms with Gasteiger partial charge in [-0.15, -0.1) is 0 Å². The minimum absolute atomic E-state index is 0.275. The predicted molar refractivity (Wildman–Crippen MR) is 92.4 cm³/mol. The maximum atomic E-state index is 5.46. The van der Waals surface area contributed by atoms with Crippen molar-refractivity contribution in [1.29, 1.82) is 0 Å². The summed E-state index contributed by atoms with van der Waals surface area (Å²) in [4.78, 5) is 13.5. The van der Waals surface area contributed by atoms with Crippen LogP contribution in [-0.2, 0) is 0 Å². The number of anilines is 2. The summed E-state index contributed by atoms with van der Waals surface area (Å²) in [6.07, 6.45) is 2.19. The summed E-state index contributed by atoms with van der Waals surface area (Å²) in [5.74, 6) is 1.65. The topological polar surface area (TPSA) is 58.3 Å². The van der Waals surface area contributed by atoms with Crippen molar-refractivity contribution in [2.75, 3.05) is 37.0 Å². The van der Waals surface area contributed by atoms with E-state index in [1.165, 1.54) is 4.70 Å². The van der Waals surface area contributed by atoms with Crippen molar-refractivity contribution >= 4 is 32.6 Å². The monoisotopic (exact) mass is 329 g/mol. The summed E-state index contributed by atoms with van der Waals surface area (Å²) in [6, 6.07) is 8.29. The Labute approximate surface area is 138 Å². The average Bonchev–Trinajstić information content (AvgIpc) is 3.22. The summed E-state index contributed by atoms with van der Waals surface area (Å²) in [5.41, 5.74) is 1.07. The van der Waals surface area contributed by atoms with E-state index in [1.807, 2.05) is 25.1 Å². The highest BCUT2D eigenvalue weighted by Crippen LogP contribution is 2.34. The number of hydrogen-bond acceptors (Lipinski definition) is 7. The van der Waals surface area contributed by atoms with E-state index in [2.05, 4.69) is 33.2 Å². The number of aromatic nitrogens is 3. The molecule has 0 amide bonds. The highest BCUT2D eigenvalue weighted by molar-refractivity contribution is 7.22. The minimum Gasteiger partial charge on any atom is -0.347 e. The fourth-order valence-electron chi connectivity index (χ4n) is 2.92. The number of nitrogens with zero attached hydrogens (tertiary/aromatic N) is 5. The Hall–Kier alpha value is -2.15. The van der Waals surface area contributed by atoms with Crippen LogP contribution in [0.3, 0.4) is 0 Å². The van der Waals surface area contributed by atoms with Crippen molar-refractivity contribution in [3.05, 3.63) is 30.2 Å². The lowest BCUT2D eigenvalue weighted by Crippen LogP contribution is -2.34. The van der Waals surface area contributed by atoms with Crippen molar-refractivity contribution < 1.29 is 4.52 Å². The van der Waals surface area contributed by atoms with Crippen molar-refractivity contribution in [1.82, 2.24) is 15.1 Å². The van der Waals surface area contributed by atoms with E-state index in [4.69, 9.17) is 9.51 Å². The first kappa shape index (κ1) is 14.4. The van der Waals surface area contributed by atoms with Crippen LogP contribution in [0.2, 0.25) is 0 Å². The predicted octanol–water partition coefficient (Wildman–Crippen LogP) is 3.13. The molecule has 1 fully saturated rings. The number of fused-ring (bicyclic) bond motifs is 1. The smallest absolute Gasteiger partial charge is 0.265 e. The van der Waals surface area contributed by atoms with Gasteiger partial charge >= 0.3 is 0 Å². The third kappa shape index (κ3) is 2.76. The van der Waals surface area contributed by atoms with Crippen LogP contribution in [0.15, 0.2) is 28.8 Å². The van der Waals surface area contributed by atoms with Gasteiger partial charge in [0.15, 0.2) is 5.13 Å². The molecule has 2 aromatic heterocycles. The van der Waals surface area contributed by atoms with Gasteiger partial charge in [0.05, 0.1) is 16.1 Å². The van der Waals surface area contributed by atoms with Crippen LogP contribution >= 0.6 is 11.3 Å². The molecule has 0 spiro atoms. The van der Waals surface area contributed by atoms with Crippen molar-refractivity contribution in [3.8, 4) is 0 Å². The summed E-state index contributed by atoms with van der Waals surface area (Å²) in [5, 5.41) is 5.12. The molecule has 3 heterocycles. The normalized spacial score (nSPS) is 18.5. The molecule has 1 unspecified atom stereocenters. The quantitative estimate of drug-likeness (QED) is 0.736. The molecule has 4 rings (SSSR count). The molecule has 1 saturated heterocycles. The van der Waals surface area contributed by atoms with E-state index in [9.17, 15) is 0 Å². The van der Waals surface area contributed by atoms with E-state index in [-0.39, 0.29) is 5.92 Å². The number of piperidine rings is 1. The largest absolute Gasteiger partial charge is 0.347 e. The van der Waals surface area contributed by atoms with Crippen LogP contribution < -0.4 is 9.80 Å². The number of rotatable bonds is 3. The van der Waals surface area contributed by atoms with Crippen molar-refractivity contribution in [2.24, 2.45) is 0 Å². The lowest BCUT2D eigenvalue weighted by molar-refractivity contribution is 0.333. The number of hydrogen-bond donors (Lipinski definition) is 0. The molecule has 3 aromatic rings. The first-order chi connectivity index (χ1) is 11.2. The number of para-hydroxylation sites is 1. The molecule has 1 aliphatic rings. The summed E-state index contributed by atoms with van der Waals surface area (Å²) in [6.45, 7) is 1.92. The maximum absolute atomic E-state index is 5.46. The van der Waals surface area contributed by atoms with Crippen LogP contribution in [0.1, 0.15) is 24.7 Å². The molecular formula is C16H19N5OS. The SMILES string of the molecule is CN(C)c1noc(C2CCCN(c3nc4ccccc4s3)C2)n1. The van der Waals surface area contributed by atoms with Gasteiger partial charge in [-0.25, -0.2) is 4.98 Å². The standard InChI is InChI=1S/C16H19N5OS/c1-20(2)15-18-14(22-19-15)11-6-5-9-21(10-11)16-17-12-7-3-4-8-13(12)23-16/h3-4,7-8,11H,5-6,9-10H2,1-2H3. The van der Waals surface area contributed by atoms with Gasteiger partial charge in [-0.3, -0.25) is 0 Å². The molecule has 7 heteroatoms. The third-order valence-corrected chi connectivity index (χ3v) is 5.25. The molecule has 1 aliphatic heterocycles. The highest BCUT2D eigenvalue weighted by atomic mass is 32.1.